The van der Waals surface area contributed by atoms with Gasteiger partial charge in [0.15, 0.2) is 5.76 Å². The van der Waals surface area contributed by atoms with Crippen molar-refractivity contribution in [1.29, 1.82) is 0 Å². The number of rotatable bonds is 5. The van der Waals surface area contributed by atoms with Gasteiger partial charge in [0.25, 0.3) is 5.91 Å². The molecule has 2 unspecified atom stereocenters. The summed E-state index contributed by atoms with van der Waals surface area (Å²) in [6, 6.07) is 12.2. The van der Waals surface area contributed by atoms with Crippen molar-refractivity contribution in [2.75, 3.05) is 13.1 Å². The molecule has 1 aliphatic heterocycles. The molecular formula is C19H25ClN2O2S. The highest BCUT2D eigenvalue weighted by Crippen LogP contribution is 2.27. The smallest absolute Gasteiger partial charge is 0.289 e. The van der Waals surface area contributed by atoms with Gasteiger partial charge in [-0.25, -0.2) is 0 Å². The van der Waals surface area contributed by atoms with Gasteiger partial charge in [0.05, 0.1) is 6.26 Å². The lowest BCUT2D eigenvalue weighted by atomic mass is 9.92. The Labute approximate surface area is 159 Å². The van der Waals surface area contributed by atoms with E-state index in [0.29, 0.717) is 11.7 Å². The molecule has 0 saturated carbocycles. The van der Waals surface area contributed by atoms with Gasteiger partial charge in [-0.15, -0.1) is 24.2 Å². The van der Waals surface area contributed by atoms with E-state index in [1.54, 1.807) is 18.0 Å². The second-order valence-corrected chi connectivity index (χ2v) is 7.44. The molecule has 136 valence electrons. The quantitative estimate of drug-likeness (QED) is 0.790. The third kappa shape index (κ3) is 5.03. The number of halogens is 1. The highest BCUT2D eigenvalue weighted by Gasteiger charge is 2.29. The van der Waals surface area contributed by atoms with Crippen LogP contribution in [0.5, 0.6) is 0 Å². The number of nitrogens with zero attached hydrogens (tertiary/aromatic N) is 1. The summed E-state index contributed by atoms with van der Waals surface area (Å²) in [6.07, 6.45) is 3.71. The van der Waals surface area contributed by atoms with Crippen molar-refractivity contribution < 1.29 is 9.21 Å². The number of carbonyl (C=O) groups excluding carboxylic acids is 1. The zero-order valence-corrected chi connectivity index (χ0v) is 16.0. The average Bonchev–Trinajstić information content (AvgIpc) is 3.09. The minimum Gasteiger partial charge on any atom is -0.459 e. The number of likely N-dealkylation sites (tertiary alicyclic amines) is 1. The molecule has 6 heteroatoms. The van der Waals surface area contributed by atoms with Crippen molar-refractivity contribution in [3.8, 4) is 0 Å². The minimum absolute atomic E-state index is 0. The Morgan fingerprint density at radius 3 is 2.84 bits per heavy atom. The summed E-state index contributed by atoms with van der Waals surface area (Å²) >= 11 is 1.71. The number of furan rings is 1. The van der Waals surface area contributed by atoms with E-state index in [9.17, 15) is 4.79 Å². The first-order valence-corrected chi connectivity index (χ1v) is 9.43. The predicted molar refractivity (Wildman–Crippen MR) is 104 cm³/mol. The average molecular weight is 381 g/mol. The Kier molecular flexibility index (Phi) is 7.41. The van der Waals surface area contributed by atoms with Crippen molar-refractivity contribution in [2.45, 2.75) is 36.5 Å². The number of piperidine rings is 1. The highest BCUT2D eigenvalue weighted by atomic mass is 35.5. The molecule has 2 atom stereocenters. The summed E-state index contributed by atoms with van der Waals surface area (Å²) in [5.74, 6) is 1.57. The van der Waals surface area contributed by atoms with Gasteiger partial charge in [-0.3, -0.25) is 4.79 Å². The topological polar surface area (TPSA) is 59.5 Å². The van der Waals surface area contributed by atoms with Crippen LogP contribution in [0.3, 0.4) is 0 Å². The maximum atomic E-state index is 12.8. The Morgan fingerprint density at radius 2 is 2.12 bits per heavy atom. The Morgan fingerprint density at radius 1 is 1.36 bits per heavy atom. The van der Waals surface area contributed by atoms with E-state index in [4.69, 9.17) is 10.2 Å². The van der Waals surface area contributed by atoms with Crippen LogP contribution in [0, 0.1) is 5.92 Å². The van der Waals surface area contributed by atoms with Crippen molar-refractivity contribution in [3.63, 3.8) is 0 Å². The van der Waals surface area contributed by atoms with Gasteiger partial charge in [0, 0.05) is 35.3 Å². The fourth-order valence-electron chi connectivity index (χ4n) is 3.08. The molecular weight excluding hydrogens is 356 g/mol. The summed E-state index contributed by atoms with van der Waals surface area (Å²) in [5, 5.41) is 0. The van der Waals surface area contributed by atoms with E-state index in [2.05, 4.69) is 12.1 Å². The van der Waals surface area contributed by atoms with Gasteiger partial charge < -0.3 is 15.1 Å². The molecule has 1 aliphatic rings. The Hall–Kier alpha value is -1.43. The third-order valence-corrected chi connectivity index (χ3v) is 5.63. The molecule has 2 aromatic rings. The first-order valence-electron chi connectivity index (χ1n) is 8.44. The third-order valence-electron chi connectivity index (χ3n) is 4.57. The van der Waals surface area contributed by atoms with Crippen LogP contribution < -0.4 is 5.73 Å². The van der Waals surface area contributed by atoms with E-state index in [1.165, 1.54) is 4.90 Å². The van der Waals surface area contributed by atoms with Gasteiger partial charge >= 0.3 is 0 Å². The molecule has 1 aromatic heterocycles. The molecule has 1 fully saturated rings. The van der Waals surface area contributed by atoms with Gasteiger partial charge in [-0.2, -0.15) is 0 Å². The standard InChI is InChI=1S/C19H24N2O2S.ClH/c1-14(20)15-6-5-10-21(12-15)19(22)18-16(9-11-23-18)13-24-17-7-3-2-4-8-17;/h2-4,7-9,11,14-15H,5-6,10,12-13,20H2,1H3;1H. The SMILES string of the molecule is CC(N)C1CCCN(C(=O)c2occc2CSc2ccccc2)C1.Cl. The van der Waals surface area contributed by atoms with Crippen molar-refractivity contribution >= 4 is 30.1 Å². The summed E-state index contributed by atoms with van der Waals surface area (Å²) in [4.78, 5) is 15.9. The molecule has 2 N–H and O–H groups in total. The van der Waals surface area contributed by atoms with Crippen molar-refractivity contribution in [1.82, 2.24) is 4.90 Å². The second kappa shape index (κ2) is 9.32. The van der Waals surface area contributed by atoms with Gasteiger partial charge in [-0.1, -0.05) is 18.2 Å². The minimum atomic E-state index is -0.00554. The zero-order valence-electron chi connectivity index (χ0n) is 14.4. The number of hydrogen-bond acceptors (Lipinski definition) is 4. The first kappa shape index (κ1) is 19.9. The highest BCUT2D eigenvalue weighted by molar-refractivity contribution is 7.98. The maximum Gasteiger partial charge on any atom is 0.289 e. The van der Waals surface area contributed by atoms with Crippen LogP contribution in [0.2, 0.25) is 0 Å². The van der Waals surface area contributed by atoms with Crippen LogP contribution in [0.25, 0.3) is 0 Å². The molecule has 1 aromatic carbocycles. The Balaban J connectivity index is 0.00000225. The number of nitrogens with two attached hydrogens (primary N) is 1. The molecule has 0 bridgehead atoms. The van der Waals surface area contributed by atoms with E-state index in [0.717, 1.165) is 37.2 Å². The lowest BCUT2D eigenvalue weighted by molar-refractivity contribution is 0.0628. The molecule has 2 heterocycles. The molecule has 0 aliphatic carbocycles. The second-order valence-electron chi connectivity index (χ2n) is 6.39. The van der Waals surface area contributed by atoms with Gasteiger partial charge in [0.1, 0.15) is 0 Å². The lowest BCUT2D eigenvalue weighted by Crippen LogP contribution is -2.45. The van der Waals surface area contributed by atoms with E-state index < -0.39 is 0 Å². The lowest BCUT2D eigenvalue weighted by Gasteiger charge is -2.34. The summed E-state index contributed by atoms with van der Waals surface area (Å²) in [7, 11) is 0. The normalized spacial score (nSPS) is 18.5. The van der Waals surface area contributed by atoms with Crippen LogP contribution in [0.15, 0.2) is 52.0 Å². The number of benzene rings is 1. The number of hydrogen-bond donors (Lipinski definition) is 1. The zero-order chi connectivity index (χ0) is 16.9. The van der Waals surface area contributed by atoms with Gasteiger partial charge in [0.2, 0.25) is 0 Å². The molecule has 4 nitrogen and oxygen atoms in total. The van der Waals surface area contributed by atoms with Gasteiger partial charge in [-0.05, 0) is 43.9 Å². The monoisotopic (exact) mass is 380 g/mol. The predicted octanol–water partition coefficient (Wildman–Crippen LogP) is 4.19. The maximum absolute atomic E-state index is 12.8. The van der Waals surface area contributed by atoms with E-state index in [1.807, 2.05) is 36.1 Å². The summed E-state index contributed by atoms with van der Waals surface area (Å²) in [6.45, 7) is 3.53. The van der Waals surface area contributed by atoms with Crippen LogP contribution >= 0.6 is 24.2 Å². The van der Waals surface area contributed by atoms with Crippen LogP contribution in [0.1, 0.15) is 35.9 Å². The van der Waals surface area contributed by atoms with E-state index in [-0.39, 0.29) is 24.4 Å². The van der Waals surface area contributed by atoms with Crippen molar-refractivity contribution in [3.05, 3.63) is 54.0 Å². The summed E-state index contributed by atoms with van der Waals surface area (Å²) in [5.41, 5.74) is 6.98. The number of amides is 1. The van der Waals surface area contributed by atoms with Crippen LogP contribution in [-0.2, 0) is 5.75 Å². The van der Waals surface area contributed by atoms with Crippen molar-refractivity contribution in [2.24, 2.45) is 11.7 Å². The summed E-state index contributed by atoms with van der Waals surface area (Å²) < 4.78 is 5.53. The number of carbonyl (C=O) groups is 1. The van der Waals surface area contributed by atoms with E-state index >= 15 is 0 Å². The molecule has 0 radical (unpaired) electrons. The fraction of sp³-hybridized carbons (Fsp3) is 0.421. The fourth-order valence-corrected chi connectivity index (χ4v) is 3.98. The first-order chi connectivity index (χ1) is 11.6. The van der Waals surface area contributed by atoms with Crippen LogP contribution in [0.4, 0.5) is 0 Å². The largest absolute Gasteiger partial charge is 0.459 e. The van der Waals surface area contributed by atoms with Crippen LogP contribution in [-0.4, -0.2) is 29.9 Å². The number of thioether (sulfide) groups is 1. The molecule has 25 heavy (non-hydrogen) atoms. The molecule has 0 spiro atoms. The molecule has 3 rings (SSSR count). The Bertz CT molecular complexity index is 675. The molecule has 1 amide bonds. The molecule has 1 saturated heterocycles.